The molecule has 2 N–H and O–H groups in total. The first kappa shape index (κ1) is 22.9. The van der Waals surface area contributed by atoms with E-state index < -0.39 is 23.4 Å². The number of nitrogens with zero attached hydrogens (tertiary/aromatic N) is 4. The number of aromatic nitrogens is 3. The van der Waals surface area contributed by atoms with Crippen molar-refractivity contribution in [1.29, 1.82) is 0 Å². The molecular formula is C20H27N5O5. The summed E-state index contributed by atoms with van der Waals surface area (Å²) in [6.07, 6.45) is 1.03. The van der Waals surface area contributed by atoms with Gasteiger partial charge in [0, 0.05) is 17.8 Å². The molecule has 162 valence electrons. The smallest absolute Gasteiger partial charge is 0.427 e. The predicted molar refractivity (Wildman–Crippen MR) is 111 cm³/mol. The maximum atomic E-state index is 12.8. The molecule has 2 aromatic rings. The fourth-order valence-corrected chi connectivity index (χ4v) is 2.25. The molecule has 0 saturated heterocycles. The number of hydrogen-bond donors (Lipinski definition) is 1. The lowest BCUT2D eigenvalue weighted by atomic mass is 10.1. The van der Waals surface area contributed by atoms with Crippen LogP contribution in [0, 0.1) is 0 Å². The minimum Gasteiger partial charge on any atom is -0.481 e. The van der Waals surface area contributed by atoms with Gasteiger partial charge in [0.15, 0.2) is 0 Å². The summed E-state index contributed by atoms with van der Waals surface area (Å²) in [6.45, 7) is 10.0. The second-order valence-corrected chi connectivity index (χ2v) is 8.35. The van der Waals surface area contributed by atoms with Gasteiger partial charge in [-0.2, -0.15) is 4.98 Å². The average molecular weight is 417 g/mol. The van der Waals surface area contributed by atoms with Gasteiger partial charge in [-0.3, -0.25) is 4.98 Å². The van der Waals surface area contributed by atoms with E-state index >= 15 is 0 Å². The monoisotopic (exact) mass is 417 g/mol. The minimum absolute atomic E-state index is 0.114. The van der Waals surface area contributed by atoms with E-state index in [4.69, 9.17) is 19.9 Å². The molecule has 0 radical (unpaired) electrons. The van der Waals surface area contributed by atoms with E-state index in [1.807, 2.05) is 0 Å². The number of carbonyl (C=O) groups excluding carboxylic acids is 2. The van der Waals surface area contributed by atoms with Crippen molar-refractivity contribution in [2.24, 2.45) is 0 Å². The van der Waals surface area contributed by atoms with Crippen LogP contribution in [0.25, 0.3) is 11.3 Å². The van der Waals surface area contributed by atoms with E-state index in [0.717, 1.165) is 0 Å². The Morgan fingerprint density at radius 1 is 1.00 bits per heavy atom. The second-order valence-electron chi connectivity index (χ2n) is 8.35. The van der Waals surface area contributed by atoms with Crippen LogP contribution in [0.1, 0.15) is 41.5 Å². The first-order valence-corrected chi connectivity index (χ1v) is 9.20. The molecule has 0 aromatic carbocycles. The van der Waals surface area contributed by atoms with Crippen LogP contribution in [0.15, 0.2) is 24.5 Å². The molecule has 0 aliphatic heterocycles. The van der Waals surface area contributed by atoms with E-state index in [-0.39, 0.29) is 11.8 Å². The lowest BCUT2D eigenvalue weighted by Crippen LogP contribution is -2.44. The van der Waals surface area contributed by atoms with Crippen LogP contribution in [-0.2, 0) is 9.47 Å². The van der Waals surface area contributed by atoms with Crippen molar-refractivity contribution in [3.63, 3.8) is 0 Å². The van der Waals surface area contributed by atoms with Gasteiger partial charge in [0.05, 0.1) is 24.7 Å². The lowest BCUT2D eigenvalue weighted by molar-refractivity contribution is 0.0427. The number of amides is 2. The third-order valence-corrected chi connectivity index (χ3v) is 3.38. The van der Waals surface area contributed by atoms with Crippen molar-refractivity contribution in [1.82, 2.24) is 15.0 Å². The highest BCUT2D eigenvalue weighted by atomic mass is 16.6. The number of nitrogen functional groups attached to an aromatic ring is 1. The minimum atomic E-state index is -0.987. The molecule has 10 nitrogen and oxygen atoms in total. The van der Waals surface area contributed by atoms with E-state index in [1.165, 1.54) is 19.4 Å². The molecule has 0 fully saturated rings. The first-order valence-electron chi connectivity index (χ1n) is 9.20. The van der Waals surface area contributed by atoms with E-state index in [9.17, 15) is 9.59 Å². The number of pyridine rings is 1. The van der Waals surface area contributed by atoms with Crippen LogP contribution in [0.4, 0.5) is 21.2 Å². The Morgan fingerprint density at radius 3 is 2.03 bits per heavy atom. The number of hydrogen-bond acceptors (Lipinski definition) is 9. The summed E-state index contributed by atoms with van der Waals surface area (Å²) in [5, 5.41) is 0. The van der Waals surface area contributed by atoms with Gasteiger partial charge in [-0.25, -0.2) is 14.6 Å². The summed E-state index contributed by atoms with van der Waals surface area (Å²) < 4.78 is 16.0. The summed E-state index contributed by atoms with van der Waals surface area (Å²) in [7, 11) is 1.40. The van der Waals surface area contributed by atoms with Crippen LogP contribution in [0.5, 0.6) is 5.88 Å². The van der Waals surface area contributed by atoms with Crippen molar-refractivity contribution in [3.8, 4) is 17.1 Å². The SMILES string of the molecule is COc1cc(-c2ccncc2N)nc(N(C(=O)OC(C)(C)C)C(=O)OC(C)(C)C)n1. The molecule has 0 bridgehead atoms. The average Bonchev–Trinajstić information content (AvgIpc) is 2.58. The van der Waals surface area contributed by atoms with Crippen LogP contribution < -0.4 is 15.4 Å². The van der Waals surface area contributed by atoms with Gasteiger partial charge in [0.1, 0.15) is 11.2 Å². The molecule has 2 aromatic heterocycles. The summed E-state index contributed by atoms with van der Waals surface area (Å²) >= 11 is 0. The Bertz CT molecular complexity index is 906. The quantitative estimate of drug-likeness (QED) is 0.792. The molecule has 2 heterocycles. The fraction of sp³-hybridized carbons (Fsp3) is 0.450. The molecule has 0 unspecified atom stereocenters. The third-order valence-electron chi connectivity index (χ3n) is 3.38. The van der Waals surface area contributed by atoms with Crippen LogP contribution in [-0.4, -0.2) is 45.5 Å². The standard InChI is InChI=1S/C20H27N5O5/c1-19(2,3)29-17(26)25(18(27)30-20(4,5)6)16-23-14(10-15(24-16)28-7)12-8-9-22-11-13(12)21/h8-11H,21H2,1-7H3. The number of methoxy groups -OCH3 is 1. The Kier molecular flexibility index (Phi) is 6.49. The first-order chi connectivity index (χ1) is 13.8. The number of anilines is 2. The van der Waals surface area contributed by atoms with Crippen molar-refractivity contribution >= 4 is 23.8 Å². The molecule has 0 atom stereocenters. The summed E-state index contributed by atoms with van der Waals surface area (Å²) in [5.74, 6) is -0.160. The normalized spacial score (nSPS) is 11.6. The van der Waals surface area contributed by atoms with Crippen LogP contribution >= 0.6 is 0 Å². The third kappa shape index (κ3) is 6.03. The molecule has 10 heteroatoms. The van der Waals surface area contributed by atoms with Crippen LogP contribution in [0.2, 0.25) is 0 Å². The van der Waals surface area contributed by atoms with E-state index in [2.05, 4.69) is 15.0 Å². The molecular weight excluding hydrogens is 390 g/mol. The highest BCUT2D eigenvalue weighted by Crippen LogP contribution is 2.29. The van der Waals surface area contributed by atoms with Gasteiger partial charge < -0.3 is 19.9 Å². The van der Waals surface area contributed by atoms with Gasteiger partial charge in [-0.15, -0.1) is 4.90 Å². The largest absolute Gasteiger partial charge is 0.481 e. The molecule has 2 amide bonds. The van der Waals surface area contributed by atoms with Crippen molar-refractivity contribution in [2.75, 3.05) is 17.7 Å². The Morgan fingerprint density at radius 2 is 1.57 bits per heavy atom. The zero-order valence-corrected chi connectivity index (χ0v) is 18.2. The maximum absolute atomic E-state index is 12.8. The van der Waals surface area contributed by atoms with Crippen LogP contribution in [0.3, 0.4) is 0 Å². The highest BCUT2D eigenvalue weighted by molar-refractivity contribution is 6.08. The summed E-state index contributed by atoms with van der Waals surface area (Å²) in [6, 6.07) is 3.17. The van der Waals surface area contributed by atoms with Crippen molar-refractivity contribution in [2.45, 2.75) is 52.7 Å². The Labute approximate surface area is 175 Å². The molecule has 2 rings (SSSR count). The number of rotatable bonds is 3. The lowest BCUT2D eigenvalue weighted by Gasteiger charge is -2.27. The van der Waals surface area contributed by atoms with E-state index in [1.54, 1.807) is 53.8 Å². The summed E-state index contributed by atoms with van der Waals surface area (Å²) in [5.41, 5.74) is 5.47. The van der Waals surface area contributed by atoms with Gasteiger partial charge in [0.25, 0.3) is 0 Å². The number of carbonyl (C=O) groups is 2. The van der Waals surface area contributed by atoms with Gasteiger partial charge in [-0.05, 0) is 47.6 Å². The topological polar surface area (TPSA) is 130 Å². The molecule has 0 aliphatic rings. The number of nitrogens with two attached hydrogens (primary N) is 1. The van der Waals surface area contributed by atoms with Gasteiger partial charge in [-0.1, -0.05) is 0 Å². The van der Waals surface area contributed by atoms with Gasteiger partial charge >= 0.3 is 12.2 Å². The molecule has 0 saturated carbocycles. The number of imide groups is 1. The fourth-order valence-electron chi connectivity index (χ4n) is 2.25. The highest BCUT2D eigenvalue weighted by Gasteiger charge is 2.35. The Balaban J connectivity index is 2.61. The second kappa shape index (κ2) is 8.52. The van der Waals surface area contributed by atoms with Crippen molar-refractivity contribution in [3.05, 3.63) is 24.5 Å². The molecule has 0 aliphatic carbocycles. The predicted octanol–water partition coefficient (Wildman–Crippen LogP) is 3.81. The summed E-state index contributed by atoms with van der Waals surface area (Å²) in [4.78, 5) is 38.8. The van der Waals surface area contributed by atoms with Crippen molar-refractivity contribution < 1.29 is 23.8 Å². The zero-order valence-electron chi connectivity index (χ0n) is 18.2. The van der Waals surface area contributed by atoms with Gasteiger partial charge in [0.2, 0.25) is 11.8 Å². The zero-order chi connectivity index (χ0) is 22.7. The Hall–Kier alpha value is -3.43. The molecule has 30 heavy (non-hydrogen) atoms. The van der Waals surface area contributed by atoms with E-state index in [0.29, 0.717) is 21.8 Å². The number of ether oxygens (including phenoxy) is 3. The molecule has 0 spiro atoms. The maximum Gasteiger partial charge on any atom is 0.427 e.